The number of nitriles is 1. The van der Waals surface area contributed by atoms with Crippen molar-refractivity contribution in [1.82, 2.24) is 4.98 Å². The normalized spacial score (nSPS) is 10.2. The Labute approximate surface area is 108 Å². The van der Waals surface area contributed by atoms with Crippen LogP contribution in [0.15, 0.2) is 23.2 Å². The molecule has 0 atom stereocenters. The fourth-order valence-corrected chi connectivity index (χ4v) is 2.35. The molecule has 2 aromatic rings. The molecule has 86 valence electrons. The number of rotatable bonds is 2. The van der Waals surface area contributed by atoms with Crippen LogP contribution < -0.4 is 4.74 Å². The molecular formula is C12H9ClN2OS. The molecule has 3 nitrogen and oxygen atoms in total. The van der Waals surface area contributed by atoms with Crippen molar-refractivity contribution >= 4 is 34.3 Å². The monoisotopic (exact) mass is 264 g/mol. The molecule has 0 amide bonds. The van der Waals surface area contributed by atoms with Crippen molar-refractivity contribution in [3.8, 4) is 11.8 Å². The highest BCUT2D eigenvalue weighted by molar-refractivity contribution is 7.98. The molecule has 0 radical (unpaired) electrons. The average Bonchev–Trinajstić information content (AvgIpc) is 2.36. The maximum atomic E-state index is 9.17. The fourth-order valence-electron chi connectivity index (χ4n) is 1.64. The van der Waals surface area contributed by atoms with E-state index in [1.165, 1.54) is 11.8 Å². The molecule has 2 rings (SSSR count). The van der Waals surface area contributed by atoms with Crippen molar-refractivity contribution in [3.05, 3.63) is 28.8 Å². The fraction of sp³-hybridized carbons (Fsp3) is 0.167. The van der Waals surface area contributed by atoms with Gasteiger partial charge in [-0.05, 0) is 24.5 Å². The minimum Gasteiger partial charge on any atom is -0.495 e. The van der Waals surface area contributed by atoms with Crippen LogP contribution in [0.2, 0.25) is 5.02 Å². The SMILES string of the molecule is COc1c(C#N)c(SC)nc2ccc(Cl)cc12. The lowest BCUT2D eigenvalue weighted by Crippen LogP contribution is -1.95. The number of thioether (sulfide) groups is 1. The number of methoxy groups -OCH3 is 1. The minimum atomic E-state index is 0.453. The van der Waals surface area contributed by atoms with Gasteiger partial charge in [0, 0.05) is 10.4 Å². The van der Waals surface area contributed by atoms with Crippen molar-refractivity contribution in [1.29, 1.82) is 5.26 Å². The van der Waals surface area contributed by atoms with Gasteiger partial charge < -0.3 is 4.74 Å². The third-order valence-corrected chi connectivity index (χ3v) is 3.29. The second-order valence-corrected chi connectivity index (χ2v) is 4.53. The molecule has 0 saturated carbocycles. The standard InChI is InChI=1S/C12H9ClN2OS/c1-16-11-8-5-7(13)3-4-10(8)15-12(17-2)9(11)6-14/h3-5H,1-2H3. The second kappa shape index (κ2) is 4.82. The van der Waals surface area contributed by atoms with E-state index in [1.807, 2.05) is 12.3 Å². The molecular weight excluding hydrogens is 256 g/mol. The van der Waals surface area contributed by atoms with Crippen LogP contribution in [0.4, 0.5) is 0 Å². The summed E-state index contributed by atoms with van der Waals surface area (Å²) in [7, 11) is 1.54. The van der Waals surface area contributed by atoms with Crippen LogP contribution in [0.25, 0.3) is 10.9 Å². The summed E-state index contributed by atoms with van der Waals surface area (Å²) in [5, 5.41) is 11.2. The van der Waals surface area contributed by atoms with Gasteiger partial charge in [0.25, 0.3) is 0 Å². The predicted molar refractivity (Wildman–Crippen MR) is 69.8 cm³/mol. The highest BCUT2D eigenvalue weighted by atomic mass is 35.5. The average molecular weight is 265 g/mol. The van der Waals surface area contributed by atoms with E-state index in [9.17, 15) is 5.26 Å². The lowest BCUT2D eigenvalue weighted by Gasteiger charge is -2.10. The topological polar surface area (TPSA) is 45.9 Å². The van der Waals surface area contributed by atoms with Gasteiger partial charge in [0.1, 0.15) is 22.4 Å². The number of halogens is 1. The maximum Gasteiger partial charge on any atom is 0.148 e. The second-order valence-electron chi connectivity index (χ2n) is 3.30. The Hall–Kier alpha value is -1.44. The van der Waals surface area contributed by atoms with Crippen LogP contribution in [0, 0.1) is 11.3 Å². The predicted octanol–water partition coefficient (Wildman–Crippen LogP) is 3.49. The molecule has 0 spiro atoms. The summed E-state index contributed by atoms with van der Waals surface area (Å²) in [5.74, 6) is 0.532. The first-order chi connectivity index (χ1) is 8.21. The van der Waals surface area contributed by atoms with E-state index in [1.54, 1.807) is 19.2 Å². The Kier molecular flexibility index (Phi) is 3.41. The van der Waals surface area contributed by atoms with Gasteiger partial charge in [0.05, 0.1) is 12.6 Å². The number of aromatic nitrogens is 1. The van der Waals surface area contributed by atoms with E-state index < -0.39 is 0 Å². The van der Waals surface area contributed by atoms with Crippen molar-refractivity contribution < 1.29 is 4.74 Å². The van der Waals surface area contributed by atoms with Gasteiger partial charge in [-0.25, -0.2) is 4.98 Å². The lowest BCUT2D eigenvalue weighted by atomic mass is 10.1. The third-order valence-electron chi connectivity index (χ3n) is 2.38. The van der Waals surface area contributed by atoms with Crippen LogP contribution in [0.5, 0.6) is 5.75 Å². The number of ether oxygens (including phenoxy) is 1. The molecule has 0 saturated heterocycles. The largest absolute Gasteiger partial charge is 0.495 e. The molecule has 0 aliphatic heterocycles. The summed E-state index contributed by atoms with van der Waals surface area (Å²) in [5.41, 5.74) is 1.23. The van der Waals surface area contributed by atoms with Crippen LogP contribution in [0.3, 0.4) is 0 Å². The zero-order valence-corrected chi connectivity index (χ0v) is 10.9. The number of hydrogen-bond donors (Lipinski definition) is 0. The molecule has 0 bridgehead atoms. The minimum absolute atomic E-state index is 0.453. The Morgan fingerprint density at radius 2 is 2.24 bits per heavy atom. The van der Waals surface area contributed by atoms with E-state index in [4.69, 9.17) is 16.3 Å². The van der Waals surface area contributed by atoms with E-state index in [2.05, 4.69) is 11.1 Å². The Bertz CT molecular complexity index is 622. The molecule has 0 aliphatic carbocycles. The number of hydrogen-bond acceptors (Lipinski definition) is 4. The Balaban J connectivity index is 2.90. The van der Waals surface area contributed by atoms with E-state index in [0.717, 1.165) is 10.9 Å². The molecule has 1 heterocycles. The summed E-state index contributed by atoms with van der Waals surface area (Å²) in [6.07, 6.45) is 1.88. The molecule has 0 N–H and O–H groups in total. The summed E-state index contributed by atoms with van der Waals surface area (Å²) >= 11 is 7.37. The summed E-state index contributed by atoms with van der Waals surface area (Å²) in [6, 6.07) is 7.47. The molecule has 1 aromatic heterocycles. The smallest absolute Gasteiger partial charge is 0.148 e. The summed E-state index contributed by atoms with van der Waals surface area (Å²) in [6.45, 7) is 0. The molecule has 0 unspecified atom stereocenters. The third kappa shape index (κ3) is 2.04. The number of fused-ring (bicyclic) bond motifs is 1. The van der Waals surface area contributed by atoms with Crippen molar-refractivity contribution in [2.45, 2.75) is 5.03 Å². The lowest BCUT2D eigenvalue weighted by molar-refractivity contribution is 0.416. The van der Waals surface area contributed by atoms with Crippen molar-refractivity contribution in [2.75, 3.05) is 13.4 Å². The van der Waals surface area contributed by atoms with Crippen molar-refractivity contribution in [3.63, 3.8) is 0 Å². The zero-order chi connectivity index (χ0) is 12.4. The quantitative estimate of drug-likeness (QED) is 0.779. The highest BCUT2D eigenvalue weighted by Crippen LogP contribution is 2.34. The molecule has 17 heavy (non-hydrogen) atoms. The van der Waals surface area contributed by atoms with E-state index in [-0.39, 0.29) is 0 Å². The number of pyridine rings is 1. The number of nitrogens with zero attached hydrogens (tertiary/aromatic N) is 2. The highest BCUT2D eigenvalue weighted by Gasteiger charge is 2.15. The Morgan fingerprint density at radius 3 is 2.82 bits per heavy atom. The van der Waals surface area contributed by atoms with Crippen LogP contribution in [-0.4, -0.2) is 18.3 Å². The van der Waals surface area contributed by atoms with Crippen molar-refractivity contribution in [2.24, 2.45) is 0 Å². The van der Waals surface area contributed by atoms with Gasteiger partial charge in [-0.2, -0.15) is 5.26 Å². The molecule has 5 heteroatoms. The maximum absolute atomic E-state index is 9.17. The molecule has 1 aromatic carbocycles. The van der Waals surface area contributed by atoms with Crippen LogP contribution >= 0.6 is 23.4 Å². The summed E-state index contributed by atoms with van der Waals surface area (Å²) in [4.78, 5) is 4.42. The van der Waals surface area contributed by atoms with Gasteiger partial charge in [-0.15, -0.1) is 11.8 Å². The van der Waals surface area contributed by atoms with Gasteiger partial charge in [-0.3, -0.25) is 0 Å². The molecule has 0 fully saturated rings. The van der Waals surface area contributed by atoms with Gasteiger partial charge in [0.2, 0.25) is 0 Å². The number of benzene rings is 1. The molecule has 0 aliphatic rings. The van der Waals surface area contributed by atoms with Gasteiger partial charge >= 0.3 is 0 Å². The van der Waals surface area contributed by atoms with Gasteiger partial charge in [0.15, 0.2) is 0 Å². The summed E-state index contributed by atoms with van der Waals surface area (Å²) < 4.78 is 5.31. The van der Waals surface area contributed by atoms with E-state index >= 15 is 0 Å². The zero-order valence-electron chi connectivity index (χ0n) is 9.32. The Morgan fingerprint density at radius 1 is 1.47 bits per heavy atom. The first kappa shape index (κ1) is 12.0. The first-order valence-electron chi connectivity index (χ1n) is 4.82. The van der Waals surface area contributed by atoms with Crippen LogP contribution in [0.1, 0.15) is 5.56 Å². The van der Waals surface area contributed by atoms with E-state index in [0.29, 0.717) is 21.4 Å². The van der Waals surface area contributed by atoms with Gasteiger partial charge in [-0.1, -0.05) is 11.6 Å². The first-order valence-corrected chi connectivity index (χ1v) is 6.43. The van der Waals surface area contributed by atoms with Crippen LogP contribution in [-0.2, 0) is 0 Å².